The van der Waals surface area contributed by atoms with Crippen LogP contribution in [-0.4, -0.2) is 0 Å². The van der Waals surface area contributed by atoms with E-state index in [2.05, 4.69) is 0 Å². The number of anilines is 1. The standard InChI is InChI=1S/C10H7F2NS/c11-6-4-7(9-2-1-3-14-9)10(13)8(12)5-6/h1-5H,13H2. The Kier molecular flexibility index (Phi) is 2.21. The van der Waals surface area contributed by atoms with Crippen LogP contribution in [0.15, 0.2) is 29.6 Å². The molecule has 0 spiro atoms. The van der Waals surface area contributed by atoms with Gasteiger partial charge >= 0.3 is 0 Å². The third-order valence-corrected chi connectivity index (χ3v) is 2.78. The first-order valence-electron chi connectivity index (χ1n) is 3.97. The van der Waals surface area contributed by atoms with Crippen LogP contribution in [0.5, 0.6) is 0 Å². The van der Waals surface area contributed by atoms with E-state index in [1.165, 1.54) is 17.4 Å². The Balaban J connectivity index is 2.64. The summed E-state index contributed by atoms with van der Waals surface area (Å²) in [5.41, 5.74) is 5.92. The van der Waals surface area contributed by atoms with Gasteiger partial charge in [-0.05, 0) is 17.5 Å². The summed E-state index contributed by atoms with van der Waals surface area (Å²) in [5, 5.41) is 1.83. The highest BCUT2D eigenvalue weighted by molar-refractivity contribution is 7.13. The van der Waals surface area contributed by atoms with E-state index in [1.54, 1.807) is 6.07 Å². The molecule has 2 aromatic rings. The van der Waals surface area contributed by atoms with Crippen molar-refractivity contribution >= 4 is 17.0 Å². The van der Waals surface area contributed by atoms with Gasteiger partial charge in [-0.1, -0.05) is 6.07 Å². The second-order valence-corrected chi connectivity index (χ2v) is 3.77. The molecule has 0 aliphatic rings. The van der Waals surface area contributed by atoms with Gasteiger partial charge in [-0.25, -0.2) is 8.78 Å². The van der Waals surface area contributed by atoms with Crippen LogP contribution in [0.25, 0.3) is 10.4 Å². The second-order valence-electron chi connectivity index (χ2n) is 2.83. The van der Waals surface area contributed by atoms with Gasteiger partial charge in [-0.15, -0.1) is 11.3 Å². The van der Waals surface area contributed by atoms with E-state index in [-0.39, 0.29) is 5.69 Å². The fraction of sp³-hybridized carbons (Fsp3) is 0. The SMILES string of the molecule is Nc1c(F)cc(F)cc1-c1cccs1. The lowest BCUT2D eigenvalue weighted by atomic mass is 10.1. The predicted octanol–water partition coefficient (Wildman–Crippen LogP) is 3.28. The highest BCUT2D eigenvalue weighted by Crippen LogP contribution is 2.32. The van der Waals surface area contributed by atoms with E-state index >= 15 is 0 Å². The summed E-state index contributed by atoms with van der Waals surface area (Å²) in [6.07, 6.45) is 0. The Morgan fingerprint density at radius 2 is 2.00 bits per heavy atom. The summed E-state index contributed by atoms with van der Waals surface area (Å²) in [6.45, 7) is 0. The lowest BCUT2D eigenvalue weighted by molar-refractivity contribution is 0.587. The van der Waals surface area contributed by atoms with Gasteiger partial charge in [0, 0.05) is 16.5 Å². The Labute approximate surface area is 83.8 Å². The topological polar surface area (TPSA) is 26.0 Å². The molecule has 0 aliphatic heterocycles. The third kappa shape index (κ3) is 1.48. The number of nitrogen functional groups attached to an aromatic ring is 1. The molecule has 1 heterocycles. The maximum atomic E-state index is 13.1. The van der Waals surface area contributed by atoms with Gasteiger partial charge < -0.3 is 5.73 Å². The largest absolute Gasteiger partial charge is 0.396 e. The van der Waals surface area contributed by atoms with Crippen LogP contribution in [0, 0.1) is 11.6 Å². The van der Waals surface area contributed by atoms with Crippen molar-refractivity contribution in [3.8, 4) is 10.4 Å². The average Bonchev–Trinajstić information content (AvgIpc) is 2.63. The Morgan fingerprint density at radius 1 is 1.21 bits per heavy atom. The van der Waals surface area contributed by atoms with Crippen molar-refractivity contribution in [1.29, 1.82) is 0 Å². The fourth-order valence-corrected chi connectivity index (χ4v) is 1.98. The van der Waals surface area contributed by atoms with Gasteiger partial charge in [-0.2, -0.15) is 0 Å². The molecule has 0 saturated carbocycles. The minimum absolute atomic E-state index is 0.00569. The molecule has 1 nitrogen and oxygen atoms in total. The summed E-state index contributed by atoms with van der Waals surface area (Å²) in [7, 11) is 0. The molecule has 0 bridgehead atoms. The van der Waals surface area contributed by atoms with Gasteiger partial charge in [0.25, 0.3) is 0 Å². The van der Waals surface area contributed by atoms with E-state index in [4.69, 9.17) is 5.73 Å². The van der Waals surface area contributed by atoms with Gasteiger partial charge in [0.2, 0.25) is 0 Å². The highest BCUT2D eigenvalue weighted by Gasteiger charge is 2.10. The summed E-state index contributed by atoms with van der Waals surface area (Å²) in [6, 6.07) is 5.61. The quantitative estimate of drug-likeness (QED) is 0.720. The van der Waals surface area contributed by atoms with Crippen LogP contribution >= 0.6 is 11.3 Å². The number of hydrogen-bond acceptors (Lipinski definition) is 2. The lowest BCUT2D eigenvalue weighted by Gasteiger charge is -2.04. The number of thiophene rings is 1. The van der Waals surface area contributed by atoms with Crippen LogP contribution in [0.3, 0.4) is 0 Å². The van der Waals surface area contributed by atoms with Crippen molar-refractivity contribution in [2.45, 2.75) is 0 Å². The molecule has 2 rings (SSSR count). The zero-order valence-electron chi connectivity index (χ0n) is 7.13. The van der Waals surface area contributed by atoms with Crippen molar-refractivity contribution in [2.75, 3.05) is 5.73 Å². The Hall–Kier alpha value is -1.42. The fourth-order valence-electron chi connectivity index (χ4n) is 1.22. The van der Waals surface area contributed by atoms with Crippen molar-refractivity contribution < 1.29 is 8.78 Å². The van der Waals surface area contributed by atoms with Gasteiger partial charge in [0.15, 0.2) is 0 Å². The van der Waals surface area contributed by atoms with Gasteiger partial charge in [-0.3, -0.25) is 0 Å². The van der Waals surface area contributed by atoms with Crippen LogP contribution in [0.4, 0.5) is 14.5 Å². The second kappa shape index (κ2) is 3.38. The van der Waals surface area contributed by atoms with E-state index in [0.717, 1.165) is 10.9 Å². The minimum atomic E-state index is -0.714. The van der Waals surface area contributed by atoms with Crippen LogP contribution in [-0.2, 0) is 0 Å². The molecule has 0 atom stereocenters. The van der Waals surface area contributed by atoms with Crippen LogP contribution in [0.2, 0.25) is 0 Å². The first kappa shape index (κ1) is 9.15. The molecule has 0 saturated heterocycles. The van der Waals surface area contributed by atoms with Crippen molar-refractivity contribution in [3.63, 3.8) is 0 Å². The molecule has 0 aliphatic carbocycles. The third-order valence-electron chi connectivity index (χ3n) is 1.88. The zero-order chi connectivity index (χ0) is 10.1. The van der Waals surface area contributed by atoms with Crippen LogP contribution in [0.1, 0.15) is 0 Å². The Morgan fingerprint density at radius 3 is 2.64 bits per heavy atom. The molecular formula is C10H7F2NS. The molecule has 4 heteroatoms. The van der Waals surface area contributed by atoms with Crippen molar-refractivity contribution in [1.82, 2.24) is 0 Å². The minimum Gasteiger partial charge on any atom is -0.396 e. The van der Waals surface area contributed by atoms with Crippen molar-refractivity contribution in [2.24, 2.45) is 0 Å². The summed E-state index contributed by atoms with van der Waals surface area (Å²) in [4.78, 5) is 0.765. The Bertz CT molecular complexity index is 451. The van der Waals surface area contributed by atoms with Crippen molar-refractivity contribution in [3.05, 3.63) is 41.3 Å². The predicted molar refractivity (Wildman–Crippen MR) is 54.1 cm³/mol. The van der Waals surface area contributed by atoms with E-state index in [0.29, 0.717) is 5.56 Å². The normalized spacial score (nSPS) is 10.4. The number of nitrogens with two attached hydrogens (primary N) is 1. The molecule has 0 radical (unpaired) electrons. The molecule has 0 unspecified atom stereocenters. The zero-order valence-corrected chi connectivity index (χ0v) is 7.94. The van der Waals surface area contributed by atoms with E-state index in [9.17, 15) is 8.78 Å². The summed E-state index contributed by atoms with van der Waals surface area (Å²) < 4.78 is 26.0. The maximum Gasteiger partial charge on any atom is 0.149 e. The van der Waals surface area contributed by atoms with Gasteiger partial charge in [0.1, 0.15) is 11.6 Å². The number of hydrogen-bond donors (Lipinski definition) is 1. The van der Waals surface area contributed by atoms with Crippen LogP contribution < -0.4 is 5.73 Å². The molecule has 72 valence electrons. The molecule has 14 heavy (non-hydrogen) atoms. The monoisotopic (exact) mass is 211 g/mol. The number of rotatable bonds is 1. The molecule has 0 fully saturated rings. The number of halogens is 2. The lowest BCUT2D eigenvalue weighted by Crippen LogP contribution is -1.94. The average molecular weight is 211 g/mol. The first-order valence-corrected chi connectivity index (χ1v) is 4.85. The molecule has 1 aromatic carbocycles. The highest BCUT2D eigenvalue weighted by atomic mass is 32.1. The summed E-state index contributed by atoms with van der Waals surface area (Å²) >= 11 is 1.39. The molecule has 1 aromatic heterocycles. The van der Waals surface area contributed by atoms with E-state index in [1.807, 2.05) is 11.4 Å². The molecule has 2 N–H and O–H groups in total. The van der Waals surface area contributed by atoms with Gasteiger partial charge in [0.05, 0.1) is 5.69 Å². The molecule has 0 amide bonds. The number of benzene rings is 1. The van der Waals surface area contributed by atoms with E-state index < -0.39 is 11.6 Å². The molecular weight excluding hydrogens is 204 g/mol. The summed E-state index contributed by atoms with van der Waals surface area (Å²) in [5.74, 6) is -1.33. The maximum absolute atomic E-state index is 13.1. The smallest absolute Gasteiger partial charge is 0.149 e. The first-order chi connectivity index (χ1) is 6.68.